The predicted octanol–water partition coefficient (Wildman–Crippen LogP) is 0.385. The van der Waals surface area contributed by atoms with Gasteiger partial charge in [-0.15, -0.1) is 0 Å². The van der Waals surface area contributed by atoms with Gasteiger partial charge in [-0.3, -0.25) is 9.59 Å². The van der Waals surface area contributed by atoms with Gasteiger partial charge in [0.2, 0.25) is 0 Å². The van der Waals surface area contributed by atoms with Gasteiger partial charge in [0.15, 0.2) is 0 Å². The van der Waals surface area contributed by atoms with Gasteiger partial charge in [0.25, 0.3) is 5.91 Å². The van der Waals surface area contributed by atoms with E-state index in [2.05, 4.69) is 0 Å². The first-order valence-electron chi connectivity index (χ1n) is 6.41. The van der Waals surface area contributed by atoms with Crippen molar-refractivity contribution in [2.24, 2.45) is 5.92 Å². The third-order valence-corrected chi connectivity index (χ3v) is 3.58. The third kappa shape index (κ3) is 2.90. The number of carbonyl (C=O) groups excluding carboxylic acids is 1. The van der Waals surface area contributed by atoms with Crippen LogP contribution in [0.15, 0.2) is 24.3 Å². The maximum atomic E-state index is 12.3. The maximum Gasteiger partial charge on any atom is 0.335 e. The molecule has 0 unspecified atom stereocenters. The Bertz CT molecular complexity index is 637. The summed E-state index contributed by atoms with van der Waals surface area (Å²) in [5, 5.41) is 26.9. The summed E-state index contributed by atoms with van der Waals surface area (Å²) < 4.78 is 0. The van der Waals surface area contributed by atoms with Gasteiger partial charge in [0.05, 0.1) is 11.5 Å². The van der Waals surface area contributed by atoms with Crippen molar-refractivity contribution in [3.05, 3.63) is 35.4 Å². The zero-order valence-electron chi connectivity index (χ0n) is 11.3. The smallest absolute Gasteiger partial charge is 0.335 e. The highest BCUT2D eigenvalue weighted by molar-refractivity contribution is 5.98. The average Bonchev–Trinajstić information content (AvgIpc) is 2.92. The summed E-state index contributed by atoms with van der Waals surface area (Å²) in [6, 6.07) is 3.82. The predicted molar refractivity (Wildman–Crippen MR) is 71.6 cm³/mol. The second-order valence-corrected chi connectivity index (χ2v) is 4.96. The summed E-state index contributed by atoms with van der Waals surface area (Å²) in [6.07, 6.45) is -0.149. The minimum absolute atomic E-state index is 0.00355. The van der Waals surface area contributed by atoms with Gasteiger partial charge in [0, 0.05) is 12.1 Å². The molecular formula is C14H13NO7. The van der Waals surface area contributed by atoms with Crippen LogP contribution in [0.4, 0.5) is 0 Å². The molecule has 1 aliphatic rings. The van der Waals surface area contributed by atoms with E-state index in [1.165, 1.54) is 24.3 Å². The molecule has 3 N–H and O–H groups in total. The first kappa shape index (κ1) is 15.5. The lowest BCUT2D eigenvalue weighted by Crippen LogP contribution is -2.40. The second kappa shape index (κ2) is 5.84. The van der Waals surface area contributed by atoms with Crippen LogP contribution in [0.1, 0.15) is 27.1 Å². The summed E-state index contributed by atoms with van der Waals surface area (Å²) in [5.74, 6) is -5.12. The maximum absolute atomic E-state index is 12.3. The van der Waals surface area contributed by atoms with Gasteiger partial charge < -0.3 is 20.2 Å². The molecule has 1 aliphatic heterocycles. The monoisotopic (exact) mass is 307 g/mol. The molecule has 0 aromatic heterocycles. The third-order valence-electron chi connectivity index (χ3n) is 3.58. The number of aliphatic carboxylic acids is 2. The normalized spacial score (nSPS) is 20.6. The Morgan fingerprint density at radius 3 is 1.91 bits per heavy atom. The van der Waals surface area contributed by atoms with Crippen molar-refractivity contribution in [1.82, 2.24) is 4.90 Å². The van der Waals surface area contributed by atoms with Crippen molar-refractivity contribution in [2.75, 3.05) is 6.54 Å². The van der Waals surface area contributed by atoms with Crippen LogP contribution in [0.3, 0.4) is 0 Å². The highest BCUT2D eigenvalue weighted by Crippen LogP contribution is 2.25. The van der Waals surface area contributed by atoms with Crippen molar-refractivity contribution in [1.29, 1.82) is 0 Å². The number of amides is 1. The van der Waals surface area contributed by atoms with E-state index in [1.54, 1.807) is 0 Å². The molecule has 22 heavy (non-hydrogen) atoms. The zero-order valence-corrected chi connectivity index (χ0v) is 11.3. The first-order chi connectivity index (χ1) is 10.3. The van der Waals surface area contributed by atoms with Crippen molar-refractivity contribution in [2.45, 2.75) is 12.5 Å². The molecular weight excluding hydrogens is 294 g/mol. The highest BCUT2D eigenvalue weighted by Gasteiger charge is 2.42. The van der Waals surface area contributed by atoms with E-state index in [9.17, 15) is 19.2 Å². The van der Waals surface area contributed by atoms with Crippen molar-refractivity contribution >= 4 is 23.8 Å². The Morgan fingerprint density at radius 2 is 1.45 bits per heavy atom. The number of aromatic carboxylic acids is 1. The largest absolute Gasteiger partial charge is 0.481 e. The Morgan fingerprint density at radius 1 is 0.909 bits per heavy atom. The van der Waals surface area contributed by atoms with Gasteiger partial charge in [-0.25, -0.2) is 9.59 Å². The molecule has 8 nitrogen and oxygen atoms in total. The minimum atomic E-state index is -1.26. The van der Waals surface area contributed by atoms with Gasteiger partial charge in [-0.2, -0.15) is 0 Å². The lowest BCUT2D eigenvalue weighted by Gasteiger charge is -2.21. The molecule has 1 aromatic rings. The number of carbonyl (C=O) groups is 4. The molecule has 0 radical (unpaired) electrons. The molecule has 2 atom stereocenters. The summed E-state index contributed by atoms with van der Waals surface area (Å²) >= 11 is 0. The standard InChI is InChI=1S/C14H13NO7/c16-11(7-1-3-8(4-2-7)12(17)18)15-6-9(13(19)20)5-10(15)14(21)22/h1-4,9-10H,5-6H2,(H,17,18)(H,19,20)(H,21,22)/t9-,10+/m0/s1. The Balaban J connectivity index is 2.24. The summed E-state index contributed by atoms with van der Waals surface area (Å²) in [6.45, 7) is -0.189. The number of hydrogen-bond acceptors (Lipinski definition) is 4. The van der Waals surface area contributed by atoms with Crippen molar-refractivity contribution in [3.8, 4) is 0 Å². The van der Waals surface area contributed by atoms with E-state index in [0.29, 0.717) is 0 Å². The van der Waals surface area contributed by atoms with Crippen LogP contribution in [0.25, 0.3) is 0 Å². The van der Waals surface area contributed by atoms with E-state index in [0.717, 1.165) is 4.90 Å². The topological polar surface area (TPSA) is 132 Å². The highest BCUT2D eigenvalue weighted by atomic mass is 16.4. The van der Waals surface area contributed by atoms with E-state index < -0.39 is 35.8 Å². The van der Waals surface area contributed by atoms with Crippen molar-refractivity contribution in [3.63, 3.8) is 0 Å². The number of benzene rings is 1. The molecule has 1 amide bonds. The lowest BCUT2D eigenvalue weighted by atomic mass is 10.1. The fraction of sp³-hybridized carbons (Fsp3) is 0.286. The molecule has 8 heteroatoms. The quantitative estimate of drug-likeness (QED) is 0.732. The molecule has 0 saturated carbocycles. The van der Waals surface area contributed by atoms with Gasteiger partial charge >= 0.3 is 17.9 Å². The average molecular weight is 307 g/mol. The van der Waals surface area contributed by atoms with E-state index in [1.807, 2.05) is 0 Å². The van der Waals surface area contributed by atoms with Crippen LogP contribution in [-0.2, 0) is 9.59 Å². The molecule has 0 aliphatic carbocycles. The molecule has 116 valence electrons. The first-order valence-corrected chi connectivity index (χ1v) is 6.41. The van der Waals surface area contributed by atoms with Crippen LogP contribution in [0, 0.1) is 5.92 Å². The second-order valence-electron chi connectivity index (χ2n) is 4.96. The van der Waals surface area contributed by atoms with E-state index >= 15 is 0 Å². The minimum Gasteiger partial charge on any atom is -0.481 e. The van der Waals surface area contributed by atoms with Gasteiger partial charge in [0.1, 0.15) is 6.04 Å². The number of hydrogen-bond donors (Lipinski definition) is 3. The molecule has 0 bridgehead atoms. The van der Waals surface area contributed by atoms with Crippen LogP contribution >= 0.6 is 0 Å². The SMILES string of the molecule is O=C(O)c1ccc(C(=O)N2C[C@@H](C(=O)O)C[C@@H]2C(=O)O)cc1. The van der Waals surface area contributed by atoms with Crippen LogP contribution in [0.5, 0.6) is 0 Å². The number of nitrogens with zero attached hydrogens (tertiary/aromatic N) is 1. The number of carboxylic acid groups (broad SMARTS) is 3. The summed E-state index contributed by atoms with van der Waals surface area (Å²) in [7, 11) is 0. The van der Waals surface area contributed by atoms with E-state index in [4.69, 9.17) is 15.3 Å². The summed E-state index contributed by atoms with van der Waals surface area (Å²) in [4.78, 5) is 46.3. The van der Waals surface area contributed by atoms with Crippen LogP contribution < -0.4 is 0 Å². The molecule has 2 rings (SSSR count). The van der Waals surface area contributed by atoms with E-state index in [-0.39, 0.29) is 24.1 Å². The van der Waals surface area contributed by atoms with Crippen LogP contribution in [0.2, 0.25) is 0 Å². The van der Waals surface area contributed by atoms with Gasteiger partial charge in [-0.05, 0) is 30.7 Å². The Labute approximate surface area is 124 Å². The Kier molecular flexibility index (Phi) is 4.11. The number of likely N-dealkylation sites (tertiary alicyclic amines) is 1. The summed E-state index contributed by atoms with van der Waals surface area (Å²) in [5.41, 5.74) is 0.110. The van der Waals surface area contributed by atoms with Crippen molar-refractivity contribution < 1.29 is 34.5 Å². The fourth-order valence-electron chi connectivity index (χ4n) is 2.39. The molecule has 1 saturated heterocycles. The fourth-order valence-corrected chi connectivity index (χ4v) is 2.39. The molecule has 1 aromatic carbocycles. The Hall–Kier alpha value is -2.90. The lowest BCUT2D eigenvalue weighted by molar-refractivity contribution is -0.141. The molecule has 0 spiro atoms. The number of carboxylic acids is 3. The number of rotatable bonds is 4. The molecule has 1 fully saturated rings. The van der Waals surface area contributed by atoms with Crippen LogP contribution in [-0.4, -0.2) is 56.6 Å². The molecule has 1 heterocycles. The zero-order chi connectivity index (χ0) is 16.4. The van der Waals surface area contributed by atoms with Gasteiger partial charge in [-0.1, -0.05) is 0 Å².